The van der Waals surface area contributed by atoms with Crippen LogP contribution in [0, 0.1) is 0 Å². The summed E-state index contributed by atoms with van der Waals surface area (Å²) in [5.41, 5.74) is 6.25. The van der Waals surface area contributed by atoms with E-state index in [9.17, 15) is 9.59 Å². The number of hydrogen-bond acceptors (Lipinski definition) is 5. The minimum atomic E-state index is -0.480. The van der Waals surface area contributed by atoms with Crippen molar-refractivity contribution in [2.24, 2.45) is 0 Å². The summed E-state index contributed by atoms with van der Waals surface area (Å²) in [6.07, 6.45) is 0. The Morgan fingerprint density at radius 1 is 0.824 bits per heavy atom. The van der Waals surface area contributed by atoms with E-state index in [1.807, 2.05) is 48.5 Å². The van der Waals surface area contributed by atoms with Gasteiger partial charge in [-0.25, -0.2) is 0 Å². The standard InChI is InChI=1S/C26H27BrN2O5/c1-18(2)20-10-13-24(23(27)16-20)34-17-25(30)28-29-26(31)19-8-11-22(12-9-19)33-15-14-32-21-6-4-3-5-7-21/h3-13,16,18H,14-15,17H2,1-2H3,(H,28,30)(H,29,31). The van der Waals surface area contributed by atoms with Gasteiger partial charge in [0.25, 0.3) is 11.8 Å². The summed E-state index contributed by atoms with van der Waals surface area (Å²) in [4.78, 5) is 24.3. The third kappa shape index (κ3) is 7.81. The predicted molar refractivity (Wildman–Crippen MR) is 133 cm³/mol. The molecule has 3 rings (SSSR count). The van der Waals surface area contributed by atoms with Crippen LogP contribution < -0.4 is 25.1 Å². The molecular weight excluding hydrogens is 500 g/mol. The van der Waals surface area contributed by atoms with Crippen molar-refractivity contribution in [3.63, 3.8) is 0 Å². The molecule has 8 heteroatoms. The van der Waals surface area contributed by atoms with Gasteiger partial charge in [-0.2, -0.15) is 0 Å². The lowest BCUT2D eigenvalue weighted by Gasteiger charge is -2.12. The number of nitrogens with one attached hydrogen (secondary N) is 2. The summed E-state index contributed by atoms with van der Waals surface area (Å²) in [7, 11) is 0. The Morgan fingerprint density at radius 3 is 2.09 bits per heavy atom. The van der Waals surface area contributed by atoms with Crippen LogP contribution in [0.15, 0.2) is 77.3 Å². The first-order valence-corrected chi connectivity index (χ1v) is 11.6. The van der Waals surface area contributed by atoms with E-state index in [2.05, 4.69) is 40.6 Å². The second kappa shape index (κ2) is 12.6. The molecular formula is C26H27BrN2O5. The molecule has 0 aliphatic rings. The zero-order chi connectivity index (χ0) is 24.3. The van der Waals surface area contributed by atoms with Crippen LogP contribution in [0.1, 0.15) is 35.7 Å². The molecule has 0 aliphatic heterocycles. The van der Waals surface area contributed by atoms with Gasteiger partial charge in [0.15, 0.2) is 6.61 Å². The number of para-hydroxylation sites is 1. The highest BCUT2D eigenvalue weighted by molar-refractivity contribution is 9.10. The molecule has 2 amide bonds. The minimum absolute atomic E-state index is 0.238. The Kier molecular flexibility index (Phi) is 9.34. The topological polar surface area (TPSA) is 85.9 Å². The third-order valence-electron chi connectivity index (χ3n) is 4.78. The normalized spacial score (nSPS) is 10.5. The second-order valence-corrected chi connectivity index (χ2v) is 8.52. The van der Waals surface area contributed by atoms with Gasteiger partial charge in [-0.3, -0.25) is 20.4 Å². The van der Waals surface area contributed by atoms with Gasteiger partial charge < -0.3 is 14.2 Å². The summed E-state index contributed by atoms with van der Waals surface area (Å²) in [5, 5.41) is 0. The molecule has 0 radical (unpaired) electrons. The molecule has 0 aromatic heterocycles. The van der Waals surface area contributed by atoms with Crippen molar-refractivity contribution in [2.75, 3.05) is 19.8 Å². The Morgan fingerprint density at radius 2 is 1.47 bits per heavy atom. The van der Waals surface area contributed by atoms with E-state index >= 15 is 0 Å². The summed E-state index contributed by atoms with van der Waals surface area (Å²) in [6.45, 7) is 4.73. The summed E-state index contributed by atoms with van der Waals surface area (Å²) in [6, 6.07) is 21.8. The highest BCUT2D eigenvalue weighted by Gasteiger charge is 2.10. The van der Waals surface area contributed by atoms with Gasteiger partial charge in [0, 0.05) is 5.56 Å². The molecule has 0 saturated carbocycles. The van der Waals surface area contributed by atoms with Crippen molar-refractivity contribution in [2.45, 2.75) is 19.8 Å². The van der Waals surface area contributed by atoms with Gasteiger partial charge in [-0.15, -0.1) is 0 Å². The quantitative estimate of drug-likeness (QED) is 0.290. The highest BCUT2D eigenvalue weighted by Crippen LogP contribution is 2.28. The van der Waals surface area contributed by atoms with Crippen LogP contribution in [0.2, 0.25) is 0 Å². The molecule has 0 bridgehead atoms. The maximum absolute atomic E-state index is 12.3. The first-order chi connectivity index (χ1) is 16.4. The van der Waals surface area contributed by atoms with Crippen molar-refractivity contribution in [3.05, 3.63) is 88.4 Å². The van der Waals surface area contributed by atoms with Crippen molar-refractivity contribution in [3.8, 4) is 17.2 Å². The molecule has 3 aromatic rings. The smallest absolute Gasteiger partial charge is 0.276 e. The number of halogens is 1. The van der Waals surface area contributed by atoms with Crippen LogP contribution in [0.3, 0.4) is 0 Å². The molecule has 178 valence electrons. The highest BCUT2D eigenvalue weighted by atomic mass is 79.9. The number of carbonyl (C=O) groups is 2. The Labute approximate surface area is 207 Å². The molecule has 0 atom stereocenters. The lowest BCUT2D eigenvalue weighted by Crippen LogP contribution is -2.43. The van der Waals surface area contributed by atoms with Gasteiger partial charge in [0.1, 0.15) is 30.5 Å². The van der Waals surface area contributed by atoms with E-state index in [1.165, 1.54) is 0 Å². The number of carbonyl (C=O) groups excluding carboxylic acids is 2. The number of hydrogen-bond donors (Lipinski definition) is 2. The third-order valence-corrected chi connectivity index (χ3v) is 5.40. The molecule has 34 heavy (non-hydrogen) atoms. The van der Waals surface area contributed by atoms with Crippen LogP contribution in [-0.2, 0) is 4.79 Å². The molecule has 0 fully saturated rings. The average Bonchev–Trinajstić information content (AvgIpc) is 2.85. The van der Waals surface area contributed by atoms with Crippen LogP contribution >= 0.6 is 15.9 Å². The Hall–Kier alpha value is -3.52. The van der Waals surface area contributed by atoms with Gasteiger partial charge in [0.2, 0.25) is 0 Å². The predicted octanol–water partition coefficient (Wildman–Crippen LogP) is 4.87. The number of amides is 2. The lowest BCUT2D eigenvalue weighted by atomic mass is 10.0. The number of ether oxygens (including phenoxy) is 3. The van der Waals surface area contributed by atoms with Crippen LogP contribution in [0.4, 0.5) is 0 Å². The second-order valence-electron chi connectivity index (χ2n) is 7.67. The maximum Gasteiger partial charge on any atom is 0.276 e. The van der Waals surface area contributed by atoms with E-state index in [1.54, 1.807) is 24.3 Å². The summed E-state index contributed by atoms with van der Waals surface area (Å²) < 4.78 is 17.5. The van der Waals surface area contributed by atoms with E-state index in [0.29, 0.717) is 36.2 Å². The van der Waals surface area contributed by atoms with Crippen LogP contribution in [0.25, 0.3) is 0 Å². The van der Waals surface area contributed by atoms with Crippen molar-refractivity contribution in [1.29, 1.82) is 0 Å². The van der Waals surface area contributed by atoms with E-state index < -0.39 is 11.8 Å². The van der Waals surface area contributed by atoms with Gasteiger partial charge in [-0.1, -0.05) is 38.1 Å². The largest absolute Gasteiger partial charge is 0.490 e. The van der Waals surface area contributed by atoms with Crippen LogP contribution in [0.5, 0.6) is 17.2 Å². The minimum Gasteiger partial charge on any atom is -0.490 e. The van der Waals surface area contributed by atoms with Gasteiger partial charge in [-0.05, 0) is 75.9 Å². The Bertz CT molecular complexity index is 1090. The monoisotopic (exact) mass is 526 g/mol. The van der Waals surface area contributed by atoms with Crippen molar-refractivity contribution in [1.82, 2.24) is 10.9 Å². The van der Waals surface area contributed by atoms with Gasteiger partial charge >= 0.3 is 0 Å². The molecule has 2 N–H and O–H groups in total. The first kappa shape index (κ1) is 25.1. The fourth-order valence-electron chi connectivity index (χ4n) is 2.91. The molecule has 0 aliphatic carbocycles. The summed E-state index contributed by atoms with van der Waals surface area (Å²) in [5.74, 6) is 1.40. The van der Waals surface area contributed by atoms with E-state index in [0.717, 1.165) is 15.8 Å². The molecule has 7 nitrogen and oxygen atoms in total. The zero-order valence-electron chi connectivity index (χ0n) is 19.0. The SMILES string of the molecule is CC(C)c1ccc(OCC(=O)NNC(=O)c2ccc(OCCOc3ccccc3)cc2)c(Br)c1. The zero-order valence-corrected chi connectivity index (χ0v) is 20.6. The number of benzene rings is 3. The van der Waals surface area contributed by atoms with E-state index in [-0.39, 0.29) is 6.61 Å². The summed E-state index contributed by atoms with van der Waals surface area (Å²) >= 11 is 3.45. The number of hydrazine groups is 1. The Balaban J connectivity index is 1.37. The molecule has 0 unspecified atom stereocenters. The van der Waals surface area contributed by atoms with Crippen molar-refractivity contribution < 1.29 is 23.8 Å². The molecule has 0 spiro atoms. The van der Waals surface area contributed by atoms with Crippen LogP contribution in [-0.4, -0.2) is 31.6 Å². The van der Waals surface area contributed by atoms with Gasteiger partial charge in [0.05, 0.1) is 4.47 Å². The van der Waals surface area contributed by atoms with Crippen molar-refractivity contribution >= 4 is 27.7 Å². The average molecular weight is 527 g/mol. The fourth-order valence-corrected chi connectivity index (χ4v) is 3.42. The molecule has 0 heterocycles. The first-order valence-electron chi connectivity index (χ1n) is 10.8. The molecule has 0 saturated heterocycles. The fraction of sp³-hybridized carbons (Fsp3) is 0.231. The molecule has 3 aromatic carbocycles. The number of rotatable bonds is 10. The maximum atomic E-state index is 12.3. The lowest BCUT2D eigenvalue weighted by molar-refractivity contribution is -0.123. The van der Waals surface area contributed by atoms with E-state index in [4.69, 9.17) is 14.2 Å².